The van der Waals surface area contributed by atoms with Crippen LogP contribution in [0.5, 0.6) is 5.75 Å². The number of ether oxygens (including phenoxy) is 1. The molecule has 1 aromatic carbocycles. The van der Waals surface area contributed by atoms with Crippen molar-refractivity contribution in [1.29, 1.82) is 5.26 Å². The van der Waals surface area contributed by atoms with Gasteiger partial charge in [-0.2, -0.15) is 5.26 Å². The van der Waals surface area contributed by atoms with E-state index < -0.39 is 5.97 Å². The molecule has 0 saturated heterocycles. The third kappa shape index (κ3) is 3.67. The Hall–Kier alpha value is -2.22. The van der Waals surface area contributed by atoms with Crippen molar-refractivity contribution >= 4 is 11.7 Å². The minimum absolute atomic E-state index is 0.0151. The van der Waals surface area contributed by atoms with Crippen LogP contribution in [0.1, 0.15) is 12.0 Å². The lowest BCUT2D eigenvalue weighted by atomic mass is 10.2. The number of nitrogens with zero attached hydrogens (tertiary/aromatic N) is 2. The lowest BCUT2D eigenvalue weighted by Crippen LogP contribution is -2.27. The highest BCUT2D eigenvalue weighted by Gasteiger charge is 2.13. The number of aliphatic carboxylic acids is 1. The van der Waals surface area contributed by atoms with E-state index in [1.54, 1.807) is 12.0 Å². The van der Waals surface area contributed by atoms with Crippen molar-refractivity contribution in [3.8, 4) is 11.8 Å². The molecule has 0 saturated carbocycles. The molecule has 1 aromatic rings. The van der Waals surface area contributed by atoms with Gasteiger partial charge in [0.15, 0.2) is 0 Å². The topological polar surface area (TPSA) is 73.6 Å². The minimum Gasteiger partial charge on any atom is -0.495 e. The van der Waals surface area contributed by atoms with E-state index in [0.29, 0.717) is 5.75 Å². The Balaban J connectivity index is 3.00. The van der Waals surface area contributed by atoms with E-state index in [1.165, 1.54) is 0 Å². The zero-order valence-electron chi connectivity index (χ0n) is 10.5. The van der Waals surface area contributed by atoms with Crippen molar-refractivity contribution in [2.75, 3.05) is 25.1 Å². The smallest absolute Gasteiger partial charge is 0.305 e. The van der Waals surface area contributed by atoms with E-state index in [-0.39, 0.29) is 19.5 Å². The number of hydrogen-bond acceptors (Lipinski definition) is 4. The standard InChI is InChI=1S/C13H16N2O3/c1-10-3-4-12(18-2)11(9-10)15(8-6-14)7-5-13(16)17/h3-4,9H,5,7-8H2,1-2H3,(H,16,17). The van der Waals surface area contributed by atoms with Crippen LogP contribution in [0.25, 0.3) is 0 Å². The maximum Gasteiger partial charge on any atom is 0.305 e. The molecule has 1 rings (SSSR count). The quantitative estimate of drug-likeness (QED) is 0.777. The van der Waals surface area contributed by atoms with Gasteiger partial charge in [0, 0.05) is 6.54 Å². The Morgan fingerprint density at radius 1 is 1.56 bits per heavy atom. The van der Waals surface area contributed by atoms with Crippen LogP contribution in [-0.2, 0) is 4.79 Å². The third-order valence-electron chi connectivity index (χ3n) is 2.53. The molecule has 0 atom stereocenters. The van der Waals surface area contributed by atoms with E-state index in [9.17, 15) is 4.79 Å². The first-order valence-electron chi connectivity index (χ1n) is 5.56. The summed E-state index contributed by atoms with van der Waals surface area (Å²) in [4.78, 5) is 12.3. The van der Waals surface area contributed by atoms with E-state index in [4.69, 9.17) is 15.1 Å². The maximum atomic E-state index is 10.6. The number of methoxy groups -OCH3 is 1. The molecule has 0 unspecified atom stereocenters. The van der Waals surface area contributed by atoms with Gasteiger partial charge in [-0.1, -0.05) is 6.07 Å². The number of carbonyl (C=O) groups is 1. The summed E-state index contributed by atoms with van der Waals surface area (Å²) >= 11 is 0. The van der Waals surface area contributed by atoms with Gasteiger partial charge in [-0.15, -0.1) is 0 Å². The second-order valence-corrected chi connectivity index (χ2v) is 3.90. The summed E-state index contributed by atoms with van der Waals surface area (Å²) in [5.74, 6) is -0.245. The molecule has 0 aliphatic rings. The molecule has 0 aliphatic heterocycles. The number of benzene rings is 1. The van der Waals surface area contributed by atoms with Gasteiger partial charge in [-0.05, 0) is 24.6 Å². The highest BCUT2D eigenvalue weighted by Crippen LogP contribution is 2.29. The van der Waals surface area contributed by atoms with Gasteiger partial charge in [0.05, 0.1) is 25.3 Å². The summed E-state index contributed by atoms with van der Waals surface area (Å²) in [6.07, 6.45) is -0.0151. The molecule has 0 radical (unpaired) electrons. The van der Waals surface area contributed by atoms with Gasteiger partial charge in [-0.3, -0.25) is 4.79 Å². The lowest BCUT2D eigenvalue weighted by Gasteiger charge is -2.23. The molecule has 0 heterocycles. The van der Waals surface area contributed by atoms with Crippen LogP contribution in [0, 0.1) is 18.3 Å². The highest BCUT2D eigenvalue weighted by atomic mass is 16.5. The zero-order valence-corrected chi connectivity index (χ0v) is 10.5. The highest BCUT2D eigenvalue weighted by molar-refractivity contribution is 5.68. The largest absolute Gasteiger partial charge is 0.495 e. The Morgan fingerprint density at radius 2 is 2.28 bits per heavy atom. The first-order valence-corrected chi connectivity index (χ1v) is 5.56. The number of anilines is 1. The van der Waals surface area contributed by atoms with Crippen molar-refractivity contribution < 1.29 is 14.6 Å². The summed E-state index contributed by atoms with van der Waals surface area (Å²) < 4.78 is 5.24. The Labute approximate surface area is 106 Å². The number of carboxylic acid groups (broad SMARTS) is 1. The molecular weight excluding hydrogens is 232 g/mol. The first kappa shape index (κ1) is 13.8. The number of aryl methyl sites for hydroxylation is 1. The van der Waals surface area contributed by atoms with Crippen LogP contribution >= 0.6 is 0 Å². The van der Waals surface area contributed by atoms with Crippen LogP contribution in [0.4, 0.5) is 5.69 Å². The fraction of sp³-hybridized carbons (Fsp3) is 0.385. The predicted molar refractivity (Wildman–Crippen MR) is 67.8 cm³/mol. The van der Waals surface area contributed by atoms with Crippen molar-refractivity contribution in [3.63, 3.8) is 0 Å². The van der Waals surface area contributed by atoms with Crippen LogP contribution in [0.2, 0.25) is 0 Å². The molecule has 0 aliphatic carbocycles. The second kappa shape index (κ2) is 6.50. The molecule has 96 valence electrons. The SMILES string of the molecule is COc1ccc(C)cc1N(CC#N)CCC(=O)O. The van der Waals surface area contributed by atoms with Gasteiger partial charge in [0.1, 0.15) is 12.3 Å². The molecule has 0 amide bonds. The van der Waals surface area contributed by atoms with Crippen LogP contribution in [0.15, 0.2) is 18.2 Å². The minimum atomic E-state index is -0.885. The average molecular weight is 248 g/mol. The van der Waals surface area contributed by atoms with Gasteiger partial charge in [0.2, 0.25) is 0 Å². The third-order valence-corrected chi connectivity index (χ3v) is 2.53. The fourth-order valence-electron chi connectivity index (χ4n) is 1.65. The molecule has 5 nitrogen and oxygen atoms in total. The maximum absolute atomic E-state index is 10.6. The van der Waals surface area contributed by atoms with Crippen molar-refractivity contribution in [3.05, 3.63) is 23.8 Å². The number of carboxylic acids is 1. The fourth-order valence-corrected chi connectivity index (χ4v) is 1.65. The molecule has 0 fully saturated rings. The second-order valence-electron chi connectivity index (χ2n) is 3.90. The molecule has 0 spiro atoms. The van der Waals surface area contributed by atoms with Crippen molar-refractivity contribution in [1.82, 2.24) is 0 Å². The Morgan fingerprint density at radius 3 is 2.83 bits per heavy atom. The summed E-state index contributed by atoms with van der Waals surface area (Å²) in [5.41, 5.74) is 1.78. The van der Waals surface area contributed by atoms with Gasteiger partial charge < -0.3 is 14.7 Å². The van der Waals surface area contributed by atoms with Gasteiger partial charge in [0.25, 0.3) is 0 Å². The summed E-state index contributed by atoms with van der Waals surface area (Å²) in [7, 11) is 1.55. The van der Waals surface area contributed by atoms with E-state index in [0.717, 1.165) is 11.3 Å². The van der Waals surface area contributed by atoms with Crippen molar-refractivity contribution in [2.45, 2.75) is 13.3 Å². The van der Waals surface area contributed by atoms with Crippen molar-refractivity contribution in [2.24, 2.45) is 0 Å². The average Bonchev–Trinajstić information content (AvgIpc) is 2.34. The zero-order chi connectivity index (χ0) is 13.5. The van der Waals surface area contributed by atoms with Crippen LogP contribution in [0.3, 0.4) is 0 Å². The number of hydrogen-bond donors (Lipinski definition) is 1. The molecule has 0 aromatic heterocycles. The molecule has 5 heteroatoms. The molecule has 0 bridgehead atoms. The molecule has 18 heavy (non-hydrogen) atoms. The van der Waals surface area contributed by atoms with Crippen LogP contribution in [-0.4, -0.2) is 31.3 Å². The molecular formula is C13H16N2O3. The van der Waals surface area contributed by atoms with E-state index >= 15 is 0 Å². The summed E-state index contributed by atoms with van der Waals surface area (Å²) in [5, 5.41) is 17.5. The first-order chi connectivity index (χ1) is 8.58. The van der Waals surface area contributed by atoms with Gasteiger partial charge in [-0.25, -0.2) is 0 Å². The normalized spacial score (nSPS) is 9.61. The summed E-state index contributed by atoms with van der Waals surface area (Å²) in [6.45, 7) is 2.35. The number of rotatable bonds is 6. The van der Waals surface area contributed by atoms with E-state index in [1.807, 2.05) is 31.2 Å². The number of nitriles is 1. The lowest BCUT2D eigenvalue weighted by molar-refractivity contribution is -0.136. The predicted octanol–water partition coefficient (Wildman–Crippen LogP) is 1.81. The van der Waals surface area contributed by atoms with E-state index in [2.05, 4.69) is 0 Å². The molecule has 1 N–H and O–H groups in total. The van der Waals surface area contributed by atoms with Gasteiger partial charge >= 0.3 is 5.97 Å². The monoisotopic (exact) mass is 248 g/mol. The van der Waals surface area contributed by atoms with Crippen LogP contribution < -0.4 is 9.64 Å². The Bertz CT molecular complexity index is 466. The summed E-state index contributed by atoms with van der Waals surface area (Å²) in [6, 6.07) is 7.65. The Kier molecular flexibility index (Phi) is 5.00.